The van der Waals surface area contributed by atoms with E-state index in [0.717, 1.165) is 49.4 Å². The summed E-state index contributed by atoms with van der Waals surface area (Å²) in [5.41, 5.74) is 6.94. The van der Waals surface area contributed by atoms with Crippen LogP contribution in [0.3, 0.4) is 0 Å². The number of rotatable bonds is 4. The van der Waals surface area contributed by atoms with Gasteiger partial charge in [-0.25, -0.2) is 15.0 Å². The van der Waals surface area contributed by atoms with E-state index in [1.165, 1.54) is 42.1 Å². The monoisotopic (exact) mass is 681 g/mol. The summed E-state index contributed by atoms with van der Waals surface area (Å²) in [6.45, 7) is 0. The minimum Gasteiger partial charge on any atom is -0.456 e. The number of hydrogen-bond donors (Lipinski definition) is 0. The van der Waals surface area contributed by atoms with E-state index < -0.39 is 0 Å². The third-order valence-corrected chi connectivity index (χ3v) is 11.4. The van der Waals surface area contributed by atoms with Crippen molar-refractivity contribution >= 4 is 75.0 Å². The predicted molar refractivity (Wildman–Crippen MR) is 217 cm³/mol. The van der Waals surface area contributed by atoms with Crippen LogP contribution in [0.4, 0.5) is 0 Å². The van der Waals surface area contributed by atoms with E-state index in [4.69, 9.17) is 19.4 Å². The van der Waals surface area contributed by atoms with Crippen molar-refractivity contribution in [2.75, 3.05) is 0 Å². The summed E-state index contributed by atoms with van der Waals surface area (Å²) in [7, 11) is 0. The molecule has 11 rings (SSSR count). The van der Waals surface area contributed by atoms with E-state index in [1.807, 2.05) is 59.9 Å². The first-order chi connectivity index (χ1) is 25.8. The van der Waals surface area contributed by atoms with Crippen LogP contribution in [0.2, 0.25) is 0 Å². The van der Waals surface area contributed by atoms with Crippen molar-refractivity contribution in [3.63, 3.8) is 0 Å². The standard InChI is InChI=1S/C47H27N3OS/c1-3-13-28(14-4-1)32-20-11-21-34-35-26-25-33-38(27-30-17-7-8-18-31(30)42(33)44(35)52-43(32)34)47-49-45(29-15-5-2-6-16-29)48-46(50-47)37-22-12-24-40-41(37)36-19-9-10-23-39(36)51-40/h1-27H. The maximum Gasteiger partial charge on any atom is 0.164 e. The third-order valence-electron chi connectivity index (χ3n) is 10.1. The van der Waals surface area contributed by atoms with Crippen LogP contribution in [0.5, 0.6) is 0 Å². The van der Waals surface area contributed by atoms with Gasteiger partial charge in [0, 0.05) is 53.0 Å². The van der Waals surface area contributed by atoms with Gasteiger partial charge in [-0.2, -0.15) is 0 Å². The van der Waals surface area contributed by atoms with E-state index in [-0.39, 0.29) is 0 Å². The van der Waals surface area contributed by atoms with Gasteiger partial charge in [-0.15, -0.1) is 11.3 Å². The highest BCUT2D eigenvalue weighted by Crippen LogP contribution is 2.46. The quantitative estimate of drug-likeness (QED) is 0.174. The SMILES string of the molecule is c1ccc(-c2nc(-c3cc4ccccc4c4c3ccc3c5cccc(-c6ccccc6)c5sc34)nc(-c3cccc4oc5ccccc5c34)n2)cc1. The molecule has 0 unspecified atom stereocenters. The molecule has 0 radical (unpaired) electrons. The Morgan fingerprint density at radius 2 is 0.962 bits per heavy atom. The molecular weight excluding hydrogens is 655 g/mol. The molecule has 52 heavy (non-hydrogen) atoms. The summed E-state index contributed by atoms with van der Waals surface area (Å²) >= 11 is 1.87. The number of furan rings is 1. The van der Waals surface area contributed by atoms with E-state index in [9.17, 15) is 0 Å². The van der Waals surface area contributed by atoms with Gasteiger partial charge in [-0.1, -0.05) is 146 Å². The van der Waals surface area contributed by atoms with Crippen LogP contribution < -0.4 is 0 Å². The summed E-state index contributed by atoms with van der Waals surface area (Å²) in [4.78, 5) is 15.7. The van der Waals surface area contributed by atoms with Gasteiger partial charge in [0.2, 0.25) is 0 Å². The van der Waals surface area contributed by atoms with Crippen LogP contribution in [0.25, 0.3) is 109 Å². The summed E-state index contributed by atoms with van der Waals surface area (Å²) in [5, 5.41) is 9.25. The number of fused-ring (bicyclic) bond motifs is 10. The Hall–Kier alpha value is -6.69. The predicted octanol–water partition coefficient (Wildman–Crippen LogP) is 13.1. The van der Waals surface area contributed by atoms with Crippen LogP contribution in [0.1, 0.15) is 0 Å². The summed E-state index contributed by atoms with van der Waals surface area (Å²) in [6.07, 6.45) is 0. The molecule has 242 valence electrons. The van der Waals surface area contributed by atoms with Crippen molar-refractivity contribution in [3.05, 3.63) is 164 Å². The second-order valence-corrected chi connectivity index (χ2v) is 14.1. The molecular formula is C47H27N3OS. The van der Waals surface area contributed by atoms with Crippen molar-refractivity contribution in [1.29, 1.82) is 0 Å². The number of hydrogen-bond acceptors (Lipinski definition) is 5. The molecule has 3 heterocycles. The molecule has 0 amide bonds. The van der Waals surface area contributed by atoms with Gasteiger partial charge in [-0.05, 0) is 45.5 Å². The van der Waals surface area contributed by atoms with Gasteiger partial charge in [0.15, 0.2) is 17.5 Å². The molecule has 0 N–H and O–H groups in total. The Balaban J connectivity index is 1.23. The smallest absolute Gasteiger partial charge is 0.164 e. The lowest BCUT2D eigenvalue weighted by atomic mass is 9.94. The number of benzene rings is 8. The molecule has 0 aliphatic rings. The minimum atomic E-state index is 0.609. The van der Waals surface area contributed by atoms with Crippen molar-refractivity contribution < 1.29 is 4.42 Å². The van der Waals surface area contributed by atoms with Crippen molar-refractivity contribution in [2.24, 2.45) is 0 Å². The molecule has 3 aromatic heterocycles. The van der Waals surface area contributed by atoms with Crippen LogP contribution in [0.15, 0.2) is 168 Å². The number of para-hydroxylation sites is 1. The van der Waals surface area contributed by atoms with E-state index in [0.29, 0.717) is 17.5 Å². The Morgan fingerprint density at radius 1 is 0.365 bits per heavy atom. The lowest BCUT2D eigenvalue weighted by Gasteiger charge is -2.13. The minimum absolute atomic E-state index is 0.609. The van der Waals surface area contributed by atoms with Gasteiger partial charge in [0.1, 0.15) is 11.2 Å². The number of thiophene rings is 1. The van der Waals surface area contributed by atoms with E-state index in [2.05, 4.69) is 115 Å². The second-order valence-electron chi connectivity index (χ2n) is 13.1. The topological polar surface area (TPSA) is 51.8 Å². The molecule has 0 spiro atoms. The van der Waals surface area contributed by atoms with Gasteiger partial charge in [0.05, 0.1) is 0 Å². The first kappa shape index (κ1) is 29.1. The fourth-order valence-electron chi connectivity index (χ4n) is 7.76. The molecule has 0 aliphatic heterocycles. The lowest BCUT2D eigenvalue weighted by molar-refractivity contribution is 0.669. The van der Waals surface area contributed by atoms with Gasteiger partial charge >= 0.3 is 0 Å². The Bertz CT molecular complexity index is 3180. The van der Waals surface area contributed by atoms with Crippen LogP contribution in [0, 0.1) is 0 Å². The Kier molecular flexibility index (Phi) is 6.39. The van der Waals surface area contributed by atoms with Crippen molar-refractivity contribution in [1.82, 2.24) is 15.0 Å². The van der Waals surface area contributed by atoms with E-state index >= 15 is 0 Å². The highest BCUT2D eigenvalue weighted by molar-refractivity contribution is 7.27. The molecule has 5 heteroatoms. The number of aromatic nitrogens is 3. The zero-order chi connectivity index (χ0) is 34.2. The van der Waals surface area contributed by atoms with Crippen molar-refractivity contribution in [2.45, 2.75) is 0 Å². The lowest BCUT2D eigenvalue weighted by Crippen LogP contribution is -2.01. The van der Waals surface area contributed by atoms with Crippen LogP contribution in [-0.4, -0.2) is 15.0 Å². The van der Waals surface area contributed by atoms with Gasteiger partial charge in [0.25, 0.3) is 0 Å². The first-order valence-electron chi connectivity index (χ1n) is 17.4. The second kappa shape index (κ2) is 11.4. The van der Waals surface area contributed by atoms with Crippen molar-refractivity contribution in [3.8, 4) is 45.3 Å². The molecule has 0 saturated carbocycles. The van der Waals surface area contributed by atoms with Crippen LogP contribution in [-0.2, 0) is 0 Å². The summed E-state index contributed by atoms with van der Waals surface area (Å²) < 4.78 is 8.84. The largest absolute Gasteiger partial charge is 0.456 e. The fourth-order valence-corrected chi connectivity index (χ4v) is 9.16. The maximum absolute atomic E-state index is 6.28. The zero-order valence-corrected chi connectivity index (χ0v) is 28.6. The molecule has 11 aromatic rings. The summed E-state index contributed by atoms with van der Waals surface area (Å²) in [6, 6.07) is 57.2. The van der Waals surface area contributed by atoms with E-state index in [1.54, 1.807) is 0 Å². The average Bonchev–Trinajstić information content (AvgIpc) is 3.80. The Morgan fingerprint density at radius 3 is 1.81 bits per heavy atom. The van der Waals surface area contributed by atoms with Gasteiger partial charge < -0.3 is 4.42 Å². The average molecular weight is 682 g/mol. The highest BCUT2D eigenvalue weighted by atomic mass is 32.1. The maximum atomic E-state index is 6.28. The normalized spacial score (nSPS) is 11.8. The number of nitrogens with zero attached hydrogens (tertiary/aromatic N) is 3. The van der Waals surface area contributed by atoms with Crippen LogP contribution >= 0.6 is 11.3 Å². The molecule has 8 aromatic carbocycles. The molecule has 0 aliphatic carbocycles. The molecule has 0 atom stereocenters. The first-order valence-corrected chi connectivity index (χ1v) is 18.2. The highest BCUT2D eigenvalue weighted by Gasteiger charge is 2.21. The molecule has 0 bridgehead atoms. The zero-order valence-electron chi connectivity index (χ0n) is 27.7. The fraction of sp³-hybridized carbons (Fsp3) is 0. The molecule has 0 fully saturated rings. The summed E-state index contributed by atoms with van der Waals surface area (Å²) in [5.74, 6) is 1.87. The Labute approximate surface area is 302 Å². The van der Waals surface area contributed by atoms with Gasteiger partial charge in [-0.3, -0.25) is 0 Å². The molecule has 0 saturated heterocycles. The third kappa shape index (κ3) is 4.43. The molecule has 4 nitrogen and oxygen atoms in total.